The number of carbonyl (C=O) groups is 1. The number of primary sulfonamides is 1. The van der Waals surface area contributed by atoms with E-state index in [-0.39, 0.29) is 34.5 Å². The summed E-state index contributed by atoms with van der Waals surface area (Å²) in [5.41, 5.74) is 7.35. The van der Waals surface area contributed by atoms with E-state index in [2.05, 4.69) is 16.4 Å². The first kappa shape index (κ1) is 23.2. The summed E-state index contributed by atoms with van der Waals surface area (Å²) >= 11 is 1.20. The van der Waals surface area contributed by atoms with E-state index in [4.69, 9.17) is 10.9 Å². The third-order valence-corrected chi connectivity index (χ3v) is 5.97. The van der Waals surface area contributed by atoms with E-state index in [1.54, 1.807) is 0 Å². The Bertz CT molecular complexity index is 1150. The molecule has 11 heteroatoms. The van der Waals surface area contributed by atoms with E-state index in [0.717, 1.165) is 0 Å². The van der Waals surface area contributed by atoms with Crippen LogP contribution >= 0.6 is 11.8 Å². The molecule has 0 saturated heterocycles. The molecule has 0 atom stereocenters. The highest BCUT2D eigenvalue weighted by Gasteiger charge is 2.21. The fourth-order valence-electron chi connectivity index (χ4n) is 2.70. The number of thioether (sulfide) groups is 1. The van der Waals surface area contributed by atoms with Gasteiger partial charge in [-0.2, -0.15) is 10.5 Å². The van der Waals surface area contributed by atoms with Crippen LogP contribution in [0.15, 0.2) is 34.2 Å². The molecule has 1 heterocycles. The molecule has 9 nitrogen and oxygen atoms in total. The maximum atomic E-state index is 12.2. The second-order valence-corrected chi connectivity index (χ2v) is 9.21. The number of carbonyl (C=O) groups excluding carboxylic acids is 1. The van der Waals surface area contributed by atoms with E-state index < -0.39 is 10.0 Å². The monoisotopic (exact) mass is 444 g/mol. The largest absolute Gasteiger partial charge is 0.383 e. The highest BCUT2D eigenvalue weighted by molar-refractivity contribution is 7.99. The molecule has 1 aromatic heterocycles. The van der Waals surface area contributed by atoms with Gasteiger partial charge in [0, 0.05) is 17.9 Å². The molecular formula is C19H20N6O3S2. The Labute approximate surface area is 179 Å². The summed E-state index contributed by atoms with van der Waals surface area (Å²) in [5.74, 6) is -0.00855. The first-order valence-electron chi connectivity index (χ1n) is 8.77. The molecule has 156 valence electrons. The van der Waals surface area contributed by atoms with Crippen LogP contribution in [0.3, 0.4) is 0 Å². The summed E-state index contributed by atoms with van der Waals surface area (Å²) in [7, 11) is -3.80. The molecule has 0 radical (unpaired) electrons. The molecule has 0 aliphatic carbocycles. The van der Waals surface area contributed by atoms with E-state index >= 15 is 0 Å². The molecule has 0 saturated carbocycles. The number of rotatable bonds is 7. The molecule has 0 spiro atoms. The number of nitriles is 2. The topological polar surface area (TPSA) is 176 Å². The smallest absolute Gasteiger partial charge is 0.238 e. The van der Waals surface area contributed by atoms with E-state index in [0.29, 0.717) is 27.6 Å². The lowest BCUT2D eigenvalue weighted by molar-refractivity contribution is -0.115. The molecule has 2 aromatic rings. The number of nitrogens with one attached hydrogen (secondary N) is 1. The van der Waals surface area contributed by atoms with Gasteiger partial charge in [0.1, 0.15) is 23.0 Å². The second kappa shape index (κ2) is 9.59. The van der Waals surface area contributed by atoms with Gasteiger partial charge in [0.25, 0.3) is 0 Å². The van der Waals surface area contributed by atoms with Gasteiger partial charge in [0.15, 0.2) is 0 Å². The van der Waals surface area contributed by atoms with Gasteiger partial charge in [-0.3, -0.25) is 4.79 Å². The van der Waals surface area contributed by atoms with Crippen LogP contribution in [0.1, 0.15) is 42.9 Å². The predicted octanol–water partition coefficient (Wildman–Crippen LogP) is 2.30. The lowest BCUT2D eigenvalue weighted by Crippen LogP contribution is -2.14. The SMILES string of the molecule is CC(C)c1c(C#N)c(N)nc(SCCC(=O)Nc2ccc(S(N)(=O)=O)cc2)c1C#N. The van der Waals surface area contributed by atoms with Gasteiger partial charge in [-0.15, -0.1) is 11.8 Å². The zero-order valence-electron chi connectivity index (χ0n) is 16.3. The molecule has 0 aliphatic heterocycles. The van der Waals surface area contributed by atoms with Crippen molar-refractivity contribution in [1.82, 2.24) is 4.98 Å². The zero-order chi connectivity index (χ0) is 22.5. The Morgan fingerprint density at radius 3 is 2.30 bits per heavy atom. The summed E-state index contributed by atoms with van der Waals surface area (Å²) in [6.07, 6.45) is 0.116. The quantitative estimate of drug-likeness (QED) is 0.545. The number of sulfonamides is 1. The average Bonchev–Trinajstić information content (AvgIpc) is 2.67. The van der Waals surface area contributed by atoms with Crippen LogP contribution in [0.2, 0.25) is 0 Å². The number of anilines is 2. The van der Waals surface area contributed by atoms with Crippen LogP contribution in [0.25, 0.3) is 0 Å². The van der Waals surface area contributed by atoms with Crippen molar-refractivity contribution in [3.63, 3.8) is 0 Å². The summed E-state index contributed by atoms with van der Waals surface area (Å²) in [4.78, 5) is 16.3. The van der Waals surface area contributed by atoms with Crippen molar-refractivity contribution in [2.75, 3.05) is 16.8 Å². The number of benzene rings is 1. The number of nitrogen functional groups attached to an aromatic ring is 1. The number of nitrogens with two attached hydrogens (primary N) is 2. The van der Waals surface area contributed by atoms with Gasteiger partial charge >= 0.3 is 0 Å². The Kier molecular flexibility index (Phi) is 7.40. The molecule has 0 fully saturated rings. The molecule has 0 aliphatic rings. The Morgan fingerprint density at radius 1 is 1.20 bits per heavy atom. The van der Waals surface area contributed by atoms with Crippen molar-refractivity contribution in [2.45, 2.75) is 36.1 Å². The highest BCUT2D eigenvalue weighted by atomic mass is 32.2. The first-order chi connectivity index (χ1) is 14.1. The van der Waals surface area contributed by atoms with Crippen molar-refractivity contribution >= 4 is 39.2 Å². The van der Waals surface area contributed by atoms with E-state index in [1.165, 1.54) is 36.0 Å². The minimum atomic E-state index is -3.80. The van der Waals surface area contributed by atoms with Crippen molar-refractivity contribution in [3.05, 3.63) is 41.0 Å². The van der Waals surface area contributed by atoms with Crippen LogP contribution in [0.5, 0.6) is 0 Å². The Balaban J connectivity index is 2.07. The fourth-order valence-corrected chi connectivity index (χ4v) is 4.16. The predicted molar refractivity (Wildman–Crippen MR) is 114 cm³/mol. The number of hydrogen-bond donors (Lipinski definition) is 3. The van der Waals surface area contributed by atoms with Crippen molar-refractivity contribution in [1.29, 1.82) is 10.5 Å². The molecule has 5 N–H and O–H groups in total. The van der Waals surface area contributed by atoms with Gasteiger partial charge in [-0.05, 0) is 35.7 Å². The number of hydrogen-bond acceptors (Lipinski definition) is 8. The van der Waals surface area contributed by atoms with Crippen LogP contribution in [-0.4, -0.2) is 25.1 Å². The van der Waals surface area contributed by atoms with Crippen LogP contribution in [-0.2, 0) is 14.8 Å². The number of aromatic nitrogens is 1. The molecule has 0 unspecified atom stereocenters. The van der Waals surface area contributed by atoms with Gasteiger partial charge in [0.05, 0.1) is 16.0 Å². The molecule has 1 aromatic carbocycles. The minimum absolute atomic E-state index is 0.0504. The van der Waals surface area contributed by atoms with Crippen LogP contribution in [0.4, 0.5) is 11.5 Å². The van der Waals surface area contributed by atoms with Gasteiger partial charge < -0.3 is 11.1 Å². The summed E-state index contributed by atoms with van der Waals surface area (Å²) < 4.78 is 22.5. The van der Waals surface area contributed by atoms with Gasteiger partial charge in [-0.1, -0.05) is 13.8 Å². The average molecular weight is 445 g/mol. The molecule has 1 amide bonds. The van der Waals surface area contributed by atoms with Crippen molar-refractivity contribution < 1.29 is 13.2 Å². The van der Waals surface area contributed by atoms with E-state index in [9.17, 15) is 23.7 Å². The second-order valence-electron chi connectivity index (χ2n) is 6.56. The Morgan fingerprint density at radius 2 is 1.80 bits per heavy atom. The maximum absolute atomic E-state index is 12.2. The molecule has 30 heavy (non-hydrogen) atoms. The van der Waals surface area contributed by atoms with Crippen LogP contribution in [0, 0.1) is 22.7 Å². The lowest BCUT2D eigenvalue weighted by atomic mass is 9.94. The van der Waals surface area contributed by atoms with Gasteiger partial charge in [0.2, 0.25) is 15.9 Å². The lowest BCUT2D eigenvalue weighted by Gasteiger charge is -2.15. The molecular weight excluding hydrogens is 424 g/mol. The number of amides is 1. The standard InChI is InChI=1S/C19H20N6O3S2/c1-11(2)17-14(9-20)18(22)25-19(15(17)10-21)29-8-7-16(26)24-12-3-5-13(6-4-12)30(23,27)28/h3-6,11H,7-8H2,1-2H3,(H2,22,25)(H,24,26)(H2,23,27,28). The Hall–Kier alpha value is -3.12. The third kappa shape index (κ3) is 5.48. The zero-order valence-corrected chi connectivity index (χ0v) is 18.0. The first-order valence-corrected chi connectivity index (χ1v) is 11.3. The molecule has 2 rings (SSSR count). The summed E-state index contributed by atoms with van der Waals surface area (Å²) in [6, 6.07) is 9.58. The van der Waals surface area contributed by atoms with E-state index in [1.807, 2.05) is 19.9 Å². The molecule has 0 bridgehead atoms. The van der Waals surface area contributed by atoms with Crippen molar-refractivity contribution in [3.8, 4) is 12.1 Å². The van der Waals surface area contributed by atoms with Crippen LogP contribution < -0.4 is 16.2 Å². The summed E-state index contributed by atoms with van der Waals surface area (Å²) in [5, 5.41) is 27.0. The normalized spacial score (nSPS) is 11.0. The number of pyridine rings is 1. The third-order valence-electron chi connectivity index (χ3n) is 4.07. The fraction of sp³-hybridized carbons (Fsp3) is 0.263. The number of nitrogens with zero attached hydrogens (tertiary/aromatic N) is 3. The minimum Gasteiger partial charge on any atom is -0.383 e. The van der Waals surface area contributed by atoms with Crippen molar-refractivity contribution in [2.24, 2.45) is 5.14 Å². The summed E-state index contributed by atoms with van der Waals surface area (Å²) in [6.45, 7) is 3.72. The van der Waals surface area contributed by atoms with Gasteiger partial charge in [-0.25, -0.2) is 18.5 Å². The highest BCUT2D eigenvalue weighted by Crippen LogP contribution is 2.33. The maximum Gasteiger partial charge on any atom is 0.238 e.